The Morgan fingerprint density at radius 2 is 0.797 bits per heavy atom. The molecule has 0 amide bonds. The third kappa shape index (κ3) is 5.38. The van der Waals surface area contributed by atoms with Gasteiger partial charge in [-0.1, -0.05) is 182 Å². The third-order valence-corrected chi connectivity index (χ3v) is 12.2. The maximum absolute atomic E-state index is 4.82. The van der Waals surface area contributed by atoms with Crippen LogP contribution in [0.5, 0.6) is 0 Å². The number of rotatable bonds is 6. The van der Waals surface area contributed by atoms with Crippen LogP contribution in [-0.2, 0) is 0 Å². The van der Waals surface area contributed by atoms with Gasteiger partial charge in [0.05, 0.1) is 5.69 Å². The van der Waals surface area contributed by atoms with E-state index in [1.807, 2.05) is 24.4 Å². The van der Waals surface area contributed by atoms with E-state index >= 15 is 0 Å². The molecule has 0 spiro atoms. The first-order chi connectivity index (χ1) is 29.3. The van der Waals surface area contributed by atoms with Gasteiger partial charge in [0.2, 0.25) is 0 Å². The lowest BCUT2D eigenvalue weighted by Crippen LogP contribution is -1.93. The minimum Gasteiger partial charge on any atom is -0.306 e. The topological polar surface area (TPSA) is 17.3 Å². The highest BCUT2D eigenvalue weighted by Gasteiger charge is 2.31. The van der Waals surface area contributed by atoms with E-state index in [1.54, 1.807) is 0 Å². The molecule has 2 nitrogen and oxygen atoms in total. The number of benzene rings is 9. The van der Waals surface area contributed by atoms with Crippen molar-refractivity contribution < 1.29 is 0 Å². The van der Waals surface area contributed by atoms with Crippen molar-refractivity contribution in [1.82, 2.24) is 9.38 Å². The van der Waals surface area contributed by atoms with Crippen molar-refractivity contribution in [3.63, 3.8) is 0 Å². The zero-order valence-corrected chi connectivity index (χ0v) is 32.2. The Morgan fingerprint density at radius 1 is 0.305 bits per heavy atom. The molecule has 0 atom stereocenters. The second-order valence-electron chi connectivity index (χ2n) is 15.5. The number of pyridine rings is 1. The summed E-state index contributed by atoms with van der Waals surface area (Å²) in [5, 5.41) is 5.15. The number of aromatic nitrogens is 2. The molecule has 0 unspecified atom stereocenters. The monoisotopic (exact) mass is 748 g/mol. The smallest absolute Gasteiger partial charge is 0.137 e. The summed E-state index contributed by atoms with van der Waals surface area (Å²) >= 11 is 0. The maximum atomic E-state index is 4.82. The quantitative estimate of drug-likeness (QED) is 0.166. The first kappa shape index (κ1) is 33.3. The molecule has 11 aromatic rings. The Morgan fingerprint density at radius 3 is 1.46 bits per heavy atom. The highest BCUT2D eigenvalue weighted by atomic mass is 15.0. The lowest BCUT2D eigenvalue weighted by atomic mass is 9.82. The van der Waals surface area contributed by atoms with Gasteiger partial charge in [0.25, 0.3) is 0 Å². The van der Waals surface area contributed by atoms with Crippen LogP contribution in [-0.4, -0.2) is 9.38 Å². The fourth-order valence-corrected chi connectivity index (χ4v) is 9.51. The van der Waals surface area contributed by atoms with Gasteiger partial charge in [0.15, 0.2) is 0 Å². The third-order valence-electron chi connectivity index (χ3n) is 12.2. The average Bonchev–Trinajstić information content (AvgIpc) is 3.90. The van der Waals surface area contributed by atoms with Crippen LogP contribution in [0, 0.1) is 0 Å². The molecule has 2 aromatic heterocycles. The standard InChI is InChI=1S/C57H36N2/c1-3-14-39(15-4-1)53-47-22-7-8-23-48(47)54(40-16-5-2-6-17-40)57-50-32-31-45(46-24-13-25-49(55(46)50)56(53)57)44-21-12-20-43(35-44)42-19-11-18-41(34-42)37-27-29-38(30-28-37)51-36-59-33-10-9-26-52(59)58-51/h1-36H. The van der Waals surface area contributed by atoms with E-state index < -0.39 is 0 Å². The van der Waals surface area contributed by atoms with Gasteiger partial charge >= 0.3 is 0 Å². The summed E-state index contributed by atoms with van der Waals surface area (Å²) in [5.41, 5.74) is 20.6. The summed E-state index contributed by atoms with van der Waals surface area (Å²) in [7, 11) is 0. The van der Waals surface area contributed by atoms with Crippen LogP contribution in [0.25, 0.3) is 116 Å². The Bertz CT molecular complexity index is 3290. The predicted octanol–water partition coefficient (Wildman–Crippen LogP) is 15.3. The number of hydrogen-bond acceptors (Lipinski definition) is 1. The van der Waals surface area contributed by atoms with Gasteiger partial charge < -0.3 is 4.40 Å². The summed E-state index contributed by atoms with van der Waals surface area (Å²) in [4.78, 5) is 4.82. The molecule has 9 aromatic carbocycles. The van der Waals surface area contributed by atoms with Gasteiger partial charge in [-0.15, -0.1) is 0 Å². The zero-order valence-electron chi connectivity index (χ0n) is 32.2. The Labute approximate surface area is 343 Å². The van der Waals surface area contributed by atoms with Gasteiger partial charge in [-0.05, 0) is 124 Å². The largest absolute Gasteiger partial charge is 0.306 e. The summed E-state index contributed by atoms with van der Waals surface area (Å²) in [5.74, 6) is 0. The van der Waals surface area contributed by atoms with E-state index in [9.17, 15) is 0 Å². The summed E-state index contributed by atoms with van der Waals surface area (Å²) in [6, 6.07) is 75.3. The van der Waals surface area contributed by atoms with Gasteiger partial charge in [-0.25, -0.2) is 4.98 Å². The summed E-state index contributed by atoms with van der Waals surface area (Å²) < 4.78 is 2.06. The number of nitrogens with zero attached hydrogens (tertiary/aromatic N) is 2. The van der Waals surface area contributed by atoms with Crippen molar-refractivity contribution in [3.8, 4) is 89.1 Å². The normalized spacial score (nSPS) is 11.7. The van der Waals surface area contributed by atoms with Crippen molar-refractivity contribution in [3.05, 3.63) is 219 Å². The van der Waals surface area contributed by atoms with E-state index in [4.69, 9.17) is 4.98 Å². The number of imidazole rings is 1. The molecule has 0 N–H and O–H groups in total. The number of hydrogen-bond donors (Lipinski definition) is 0. The van der Waals surface area contributed by atoms with Gasteiger partial charge in [0.1, 0.15) is 5.65 Å². The first-order valence-electron chi connectivity index (χ1n) is 20.3. The van der Waals surface area contributed by atoms with Crippen LogP contribution in [0.15, 0.2) is 219 Å². The molecule has 59 heavy (non-hydrogen) atoms. The van der Waals surface area contributed by atoms with Crippen LogP contribution in [0.2, 0.25) is 0 Å². The molecule has 0 fully saturated rings. The predicted molar refractivity (Wildman–Crippen MR) is 247 cm³/mol. The van der Waals surface area contributed by atoms with E-state index in [1.165, 1.54) is 99.4 Å². The van der Waals surface area contributed by atoms with Crippen molar-refractivity contribution in [2.24, 2.45) is 0 Å². The second kappa shape index (κ2) is 13.4. The average molecular weight is 749 g/mol. The van der Waals surface area contributed by atoms with Crippen LogP contribution >= 0.6 is 0 Å². The van der Waals surface area contributed by atoms with Crippen molar-refractivity contribution in [1.29, 1.82) is 0 Å². The molecule has 0 radical (unpaired) electrons. The van der Waals surface area contributed by atoms with E-state index in [0.29, 0.717) is 0 Å². The highest BCUT2D eigenvalue weighted by molar-refractivity contribution is 6.28. The molecule has 274 valence electrons. The molecular formula is C57H36N2. The van der Waals surface area contributed by atoms with Gasteiger partial charge in [-0.3, -0.25) is 0 Å². The Balaban J connectivity index is 0.976. The Hall–Kier alpha value is -7.81. The van der Waals surface area contributed by atoms with E-state index in [2.05, 4.69) is 199 Å². The molecule has 0 saturated heterocycles. The molecule has 2 heterocycles. The highest BCUT2D eigenvalue weighted by Crippen LogP contribution is 2.58. The fourth-order valence-electron chi connectivity index (χ4n) is 9.51. The minimum atomic E-state index is 0.951. The molecule has 1 aliphatic rings. The molecule has 0 saturated carbocycles. The molecule has 0 aliphatic heterocycles. The van der Waals surface area contributed by atoms with E-state index in [0.717, 1.165) is 16.9 Å². The molecule has 2 heteroatoms. The van der Waals surface area contributed by atoms with Crippen molar-refractivity contribution in [2.45, 2.75) is 0 Å². The summed E-state index contributed by atoms with van der Waals surface area (Å²) in [6.07, 6.45) is 4.13. The molecule has 1 aliphatic carbocycles. The zero-order chi connectivity index (χ0) is 38.9. The van der Waals surface area contributed by atoms with Gasteiger partial charge in [-0.2, -0.15) is 0 Å². The summed E-state index contributed by atoms with van der Waals surface area (Å²) in [6.45, 7) is 0. The second-order valence-corrected chi connectivity index (χ2v) is 15.5. The Kier molecular flexibility index (Phi) is 7.57. The van der Waals surface area contributed by atoms with Crippen LogP contribution in [0.4, 0.5) is 0 Å². The molecular weight excluding hydrogens is 713 g/mol. The maximum Gasteiger partial charge on any atom is 0.137 e. The van der Waals surface area contributed by atoms with Crippen molar-refractivity contribution >= 4 is 27.2 Å². The molecule has 0 bridgehead atoms. The SMILES string of the molecule is c1ccc(-c2c3c(c(-c4ccccc4)c4ccccc24)-c2ccc(-c4cccc(-c5cccc(-c6ccc(-c7cn8ccccc8n7)cc6)c5)c4)c4cccc-3c24)cc1. The first-order valence-corrected chi connectivity index (χ1v) is 20.3. The van der Waals surface area contributed by atoms with Crippen LogP contribution in [0.1, 0.15) is 0 Å². The van der Waals surface area contributed by atoms with Crippen LogP contribution < -0.4 is 0 Å². The fraction of sp³-hybridized carbons (Fsp3) is 0. The van der Waals surface area contributed by atoms with Gasteiger partial charge in [0, 0.05) is 18.0 Å². The van der Waals surface area contributed by atoms with Crippen molar-refractivity contribution in [2.75, 3.05) is 0 Å². The lowest BCUT2D eigenvalue weighted by molar-refractivity contribution is 1.19. The lowest BCUT2D eigenvalue weighted by Gasteiger charge is -2.20. The molecule has 12 rings (SSSR count). The minimum absolute atomic E-state index is 0.951. The van der Waals surface area contributed by atoms with E-state index in [-0.39, 0.29) is 0 Å². The van der Waals surface area contributed by atoms with Crippen LogP contribution in [0.3, 0.4) is 0 Å². The number of fused-ring (bicyclic) bond motifs is 5.